The highest BCUT2D eigenvalue weighted by Gasteiger charge is 2.30. The predicted octanol–water partition coefficient (Wildman–Crippen LogP) is 3.69. The van der Waals surface area contributed by atoms with E-state index in [0.717, 1.165) is 17.0 Å². The summed E-state index contributed by atoms with van der Waals surface area (Å²) in [5.41, 5.74) is -0.0347. The molecule has 0 atom stereocenters. The van der Waals surface area contributed by atoms with Crippen LogP contribution >= 0.6 is 11.3 Å². The van der Waals surface area contributed by atoms with Crippen molar-refractivity contribution in [1.29, 1.82) is 0 Å². The number of benzene rings is 1. The molecule has 2 aromatic rings. The summed E-state index contributed by atoms with van der Waals surface area (Å²) in [6, 6.07) is 6.52. The molecule has 0 saturated heterocycles. The summed E-state index contributed by atoms with van der Waals surface area (Å²) < 4.78 is 43.2. The van der Waals surface area contributed by atoms with Crippen molar-refractivity contribution in [1.82, 2.24) is 0 Å². The number of aliphatic hydroxyl groups is 1. The Morgan fingerprint density at radius 1 is 1.24 bits per heavy atom. The number of thiophene rings is 1. The van der Waals surface area contributed by atoms with E-state index in [-0.39, 0.29) is 19.0 Å². The average Bonchev–Trinajstić information content (AvgIpc) is 2.90. The van der Waals surface area contributed by atoms with Crippen LogP contribution in [-0.4, -0.2) is 11.7 Å². The smallest absolute Gasteiger partial charge is 0.416 e. The topological polar surface area (TPSA) is 29.5 Å². The van der Waals surface area contributed by atoms with Crippen LogP contribution in [0.1, 0.15) is 16.0 Å². The van der Waals surface area contributed by atoms with E-state index < -0.39 is 11.7 Å². The van der Waals surface area contributed by atoms with E-state index in [2.05, 4.69) is 11.8 Å². The molecule has 21 heavy (non-hydrogen) atoms. The third-order valence-corrected chi connectivity index (χ3v) is 3.47. The zero-order valence-electron chi connectivity index (χ0n) is 10.8. The van der Waals surface area contributed by atoms with Crippen molar-refractivity contribution in [3.8, 4) is 17.6 Å². The van der Waals surface area contributed by atoms with E-state index in [1.165, 1.54) is 23.5 Å². The fourth-order valence-electron chi connectivity index (χ4n) is 1.61. The predicted molar refractivity (Wildman–Crippen MR) is 74.1 cm³/mol. The molecule has 6 heteroatoms. The molecule has 0 saturated carbocycles. The molecule has 0 radical (unpaired) electrons. The molecule has 0 aliphatic rings. The summed E-state index contributed by atoms with van der Waals surface area (Å²) in [7, 11) is 0. The first kappa shape index (κ1) is 15.4. The van der Waals surface area contributed by atoms with Crippen LogP contribution in [0.3, 0.4) is 0 Å². The third-order valence-electron chi connectivity index (χ3n) is 2.58. The number of halogens is 3. The third kappa shape index (κ3) is 4.25. The molecule has 0 bridgehead atoms. The quantitative estimate of drug-likeness (QED) is 0.876. The summed E-state index contributed by atoms with van der Waals surface area (Å²) in [5, 5.41) is 10.5. The minimum atomic E-state index is -4.39. The molecule has 2 nitrogen and oxygen atoms in total. The fraction of sp³-hybridized carbons (Fsp3) is 0.200. The monoisotopic (exact) mass is 312 g/mol. The lowest BCUT2D eigenvalue weighted by Crippen LogP contribution is -2.05. The van der Waals surface area contributed by atoms with Crippen LogP contribution in [0.15, 0.2) is 35.7 Å². The Labute approximate surface area is 123 Å². The molecule has 0 aliphatic carbocycles. The van der Waals surface area contributed by atoms with Crippen LogP contribution in [0, 0.1) is 11.8 Å². The SMILES string of the molecule is OCC#Cc1ccsc1COc1cccc(C(F)(F)F)c1. The normalized spacial score (nSPS) is 10.9. The van der Waals surface area contributed by atoms with Gasteiger partial charge in [0, 0.05) is 5.56 Å². The molecule has 2 rings (SSSR count). The summed E-state index contributed by atoms with van der Waals surface area (Å²) >= 11 is 1.40. The van der Waals surface area contributed by atoms with Crippen LogP contribution < -0.4 is 4.74 Å². The molecule has 110 valence electrons. The lowest BCUT2D eigenvalue weighted by atomic mass is 10.2. The van der Waals surface area contributed by atoms with Gasteiger partial charge in [0.05, 0.1) is 10.4 Å². The van der Waals surface area contributed by atoms with Crippen molar-refractivity contribution in [3.63, 3.8) is 0 Å². The zero-order chi connectivity index (χ0) is 15.3. The molecule has 0 unspecified atom stereocenters. The van der Waals surface area contributed by atoms with Crippen LogP contribution in [0.5, 0.6) is 5.75 Å². The van der Waals surface area contributed by atoms with Crippen molar-refractivity contribution in [2.45, 2.75) is 12.8 Å². The van der Waals surface area contributed by atoms with Crippen LogP contribution in [0.25, 0.3) is 0 Å². The molecule has 1 aromatic carbocycles. The number of alkyl halides is 3. The molecule has 0 amide bonds. The maximum Gasteiger partial charge on any atom is 0.416 e. The van der Waals surface area contributed by atoms with Crippen molar-refractivity contribution in [2.75, 3.05) is 6.61 Å². The van der Waals surface area contributed by atoms with Gasteiger partial charge in [0.25, 0.3) is 0 Å². The highest BCUT2D eigenvalue weighted by atomic mass is 32.1. The van der Waals surface area contributed by atoms with Gasteiger partial charge in [-0.3, -0.25) is 0 Å². The van der Waals surface area contributed by atoms with E-state index in [0.29, 0.717) is 5.56 Å². The minimum absolute atomic E-state index is 0.133. The molecule has 1 N–H and O–H groups in total. The highest BCUT2D eigenvalue weighted by Crippen LogP contribution is 2.31. The first-order valence-corrected chi connectivity index (χ1v) is 6.85. The number of rotatable bonds is 3. The first-order chi connectivity index (χ1) is 10.0. The van der Waals surface area contributed by atoms with Crippen LogP contribution in [0.2, 0.25) is 0 Å². The zero-order valence-corrected chi connectivity index (χ0v) is 11.6. The Morgan fingerprint density at radius 3 is 2.76 bits per heavy atom. The number of ether oxygens (including phenoxy) is 1. The second kappa shape index (κ2) is 6.66. The second-order valence-electron chi connectivity index (χ2n) is 4.03. The standard InChI is InChI=1S/C15H11F3O2S/c16-15(17,18)12-4-1-5-13(9-12)20-10-14-11(3-2-7-19)6-8-21-14/h1,4-6,8-9,19H,7,10H2. The van der Waals surface area contributed by atoms with Crippen molar-refractivity contribution >= 4 is 11.3 Å². The summed E-state index contributed by atoms with van der Waals surface area (Å²) in [4.78, 5) is 0.799. The van der Waals surface area contributed by atoms with Gasteiger partial charge in [-0.05, 0) is 29.6 Å². The van der Waals surface area contributed by atoms with Crippen LogP contribution in [-0.2, 0) is 12.8 Å². The van der Waals surface area contributed by atoms with Crippen LogP contribution in [0.4, 0.5) is 13.2 Å². The van der Waals surface area contributed by atoms with E-state index in [1.807, 2.05) is 5.38 Å². The average molecular weight is 312 g/mol. The molecule has 0 fully saturated rings. The van der Waals surface area contributed by atoms with Gasteiger partial charge in [0.15, 0.2) is 0 Å². The van der Waals surface area contributed by atoms with Crippen molar-refractivity contribution < 1.29 is 23.0 Å². The maximum absolute atomic E-state index is 12.6. The minimum Gasteiger partial charge on any atom is -0.488 e. The molecule has 1 heterocycles. The van der Waals surface area contributed by atoms with E-state index in [4.69, 9.17) is 9.84 Å². The lowest BCUT2D eigenvalue weighted by Gasteiger charge is -2.09. The molecular formula is C15H11F3O2S. The molecule has 0 aliphatic heterocycles. The Hall–Kier alpha value is -1.97. The van der Waals surface area contributed by atoms with E-state index in [9.17, 15) is 13.2 Å². The number of hydrogen-bond donors (Lipinski definition) is 1. The lowest BCUT2D eigenvalue weighted by molar-refractivity contribution is -0.137. The Morgan fingerprint density at radius 2 is 2.05 bits per heavy atom. The number of aliphatic hydroxyl groups excluding tert-OH is 1. The summed E-state index contributed by atoms with van der Waals surface area (Å²) in [6.07, 6.45) is -4.39. The highest BCUT2D eigenvalue weighted by molar-refractivity contribution is 7.10. The second-order valence-corrected chi connectivity index (χ2v) is 5.03. The van der Waals surface area contributed by atoms with Gasteiger partial charge in [-0.15, -0.1) is 11.3 Å². The van der Waals surface area contributed by atoms with Crippen molar-refractivity contribution in [3.05, 3.63) is 51.7 Å². The molecular weight excluding hydrogens is 301 g/mol. The molecule has 1 aromatic heterocycles. The van der Waals surface area contributed by atoms with Gasteiger partial charge < -0.3 is 9.84 Å². The summed E-state index contributed by atoms with van der Waals surface area (Å²) in [5.74, 6) is 5.44. The fourth-order valence-corrected chi connectivity index (χ4v) is 2.35. The Bertz CT molecular complexity index is 665. The maximum atomic E-state index is 12.6. The Kier molecular flexibility index (Phi) is 4.89. The Balaban J connectivity index is 2.09. The van der Waals surface area contributed by atoms with Gasteiger partial charge in [-0.25, -0.2) is 0 Å². The van der Waals surface area contributed by atoms with E-state index >= 15 is 0 Å². The summed E-state index contributed by atoms with van der Waals surface area (Å²) in [6.45, 7) is -0.113. The van der Waals surface area contributed by atoms with Crippen molar-refractivity contribution in [2.24, 2.45) is 0 Å². The van der Waals surface area contributed by atoms with E-state index in [1.54, 1.807) is 6.07 Å². The van der Waals surface area contributed by atoms with Gasteiger partial charge in [0.2, 0.25) is 0 Å². The van der Waals surface area contributed by atoms with Gasteiger partial charge in [-0.1, -0.05) is 17.9 Å². The molecule has 0 spiro atoms. The first-order valence-electron chi connectivity index (χ1n) is 5.97. The van der Waals surface area contributed by atoms with Gasteiger partial charge in [0.1, 0.15) is 19.0 Å². The van der Waals surface area contributed by atoms with Gasteiger partial charge >= 0.3 is 6.18 Å². The number of hydrogen-bond acceptors (Lipinski definition) is 3. The van der Waals surface area contributed by atoms with Gasteiger partial charge in [-0.2, -0.15) is 13.2 Å². The largest absolute Gasteiger partial charge is 0.488 e.